The van der Waals surface area contributed by atoms with Gasteiger partial charge in [0.15, 0.2) is 11.2 Å². The van der Waals surface area contributed by atoms with Crippen LogP contribution in [0.3, 0.4) is 0 Å². The van der Waals surface area contributed by atoms with Crippen molar-refractivity contribution in [1.82, 2.24) is 24.0 Å². The lowest BCUT2D eigenvalue weighted by Crippen LogP contribution is -2.49. The van der Waals surface area contributed by atoms with Gasteiger partial charge in [-0.25, -0.2) is 9.97 Å². The summed E-state index contributed by atoms with van der Waals surface area (Å²) in [5, 5.41) is 11.3. The van der Waals surface area contributed by atoms with E-state index in [2.05, 4.69) is 16.9 Å². The first-order chi connectivity index (χ1) is 17.3. The lowest BCUT2D eigenvalue weighted by molar-refractivity contribution is -0.136. The molecule has 1 N–H and O–H groups in total. The third-order valence-electron chi connectivity index (χ3n) is 7.18. The normalized spacial score (nSPS) is 16.2. The maximum Gasteiger partial charge on any atom is 0.281 e. The average Bonchev–Trinajstić information content (AvgIpc) is 3.23. The Morgan fingerprint density at radius 1 is 1.06 bits per heavy atom. The summed E-state index contributed by atoms with van der Waals surface area (Å²) in [6.07, 6.45) is 2.73. The van der Waals surface area contributed by atoms with Gasteiger partial charge in [0, 0.05) is 25.2 Å². The molecule has 1 amide bonds. The molecule has 1 aliphatic heterocycles. The number of nitrogens with zero attached hydrogens (tertiary/aromatic N) is 5. The van der Waals surface area contributed by atoms with E-state index >= 15 is 0 Å². The van der Waals surface area contributed by atoms with Crippen molar-refractivity contribution >= 4 is 17.1 Å². The van der Waals surface area contributed by atoms with Gasteiger partial charge in [-0.15, -0.1) is 0 Å². The molecule has 36 heavy (non-hydrogen) atoms. The lowest BCUT2D eigenvalue weighted by atomic mass is 9.90. The average molecular weight is 486 g/mol. The number of fused-ring (bicyclic) bond motifs is 1. The number of carbonyl (C=O) groups excluding carboxylic acids is 1. The number of aryl methyl sites for hydroxylation is 1. The van der Waals surface area contributed by atoms with Crippen LogP contribution in [0.2, 0.25) is 0 Å². The number of likely N-dealkylation sites (tertiary alicyclic amines) is 1. The number of carbonyl (C=O) groups is 1. The molecule has 5 rings (SSSR count). The SMILES string of the molecule is Cc1nc2c(=O)n(CC3(O)CCN(C(=O)C[C@@H](C)c4ccccc4)CC3)cnc2n1-c1ccccc1. The molecule has 0 aliphatic carbocycles. The molecule has 8 nitrogen and oxygen atoms in total. The van der Waals surface area contributed by atoms with E-state index in [0.29, 0.717) is 43.8 Å². The van der Waals surface area contributed by atoms with Gasteiger partial charge in [0.05, 0.1) is 12.1 Å². The summed E-state index contributed by atoms with van der Waals surface area (Å²) in [6, 6.07) is 19.7. The highest BCUT2D eigenvalue weighted by atomic mass is 16.3. The minimum atomic E-state index is -1.09. The maximum atomic E-state index is 13.2. The van der Waals surface area contributed by atoms with Crippen molar-refractivity contribution in [1.29, 1.82) is 0 Å². The number of piperidine rings is 1. The standard InChI is InChI=1S/C28H31N5O3/c1-20(22-9-5-3-6-10-22)17-24(34)31-15-13-28(36,14-16-31)18-32-19-29-26-25(27(32)35)30-21(2)33(26)23-11-7-4-8-12-23/h3-12,19-20,36H,13-18H2,1-2H3/t20-/m1/s1. The second kappa shape index (κ2) is 9.70. The van der Waals surface area contributed by atoms with Crippen LogP contribution in [0.1, 0.15) is 43.5 Å². The fourth-order valence-corrected chi connectivity index (χ4v) is 5.03. The van der Waals surface area contributed by atoms with Gasteiger partial charge < -0.3 is 10.0 Å². The van der Waals surface area contributed by atoms with Crippen LogP contribution in [-0.4, -0.2) is 53.7 Å². The van der Waals surface area contributed by atoms with E-state index in [1.165, 1.54) is 10.9 Å². The highest BCUT2D eigenvalue weighted by molar-refractivity contribution is 5.77. The topological polar surface area (TPSA) is 93.2 Å². The van der Waals surface area contributed by atoms with Gasteiger partial charge in [-0.3, -0.25) is 18.7 Å². The van der Waals surface area contributed by atoms with E-state index in [1.807, 2.05) is 77.1 Å². The minimum Gasteiger partial charge on any atom is -0.388 e. The fourth-order valence-electron chi connectivity index (χ4n) is 5.03. The van der Waals surface area contributed by atoms with Crippen molar-refractivity contribution < 1.29 is 9.90 Å². The molecule has 0 bridgehead atoms. The molecule has 1 fully saturated rings. The highest BCUT2D eigenvalue weighted by Crippen LogP contribution is 2.27. The van der Waals surface area contributed by atoms with Crippen LogP contribution >= 0.6 is 0 Å². The predicted octanol–water partition coefficient (Wildman–Crippen LogP) is 3.44. The molecular formula is C28H31N5O3. The predicted molar refractivity (Wildman–Crippen MR) is 138 cm³/mol. The van der Waals surface area contributed by atoms with Crippen molar-refractivity contribution in [2.24, 2.45) is 0 Å². The summed E-state index contributed by atoms with van der Waals surface area (Å²) in [5.74, 6) is 0.902. The number of aromatic nitrogens is 4. The van der Waals surface area contributed by atoms with Gasteiger partial charge in [0.1, 0.15) is 12.2 Å². The third kappa shape index (κ3) is 4.68. The number of aliphatic hydroxyl groups is 1. The molecule has 0 radical (unpaired) electrons. The molecule has 3 heterocycles. The van der Waals surface area contributed by atoms with Crippen LogP contribution in [0.4, 0.5) is 0 Å². The molecule has 0 unspecified atom stereocenters. The van der Waals surface area contributed by atoms with Crippen molar-refractivity contribution in [3.63, 3.8) is 0 Å². The van der Waals surface area contributed by atoms with Gasteiger partial charge in [-0.05, 0) is 43.4 Å². The van der Waals surface area contributed by atoms with E-state index in [4.69, 9.17) is 0 Å². The Morgan fingerprint density at radius 2 is 1.69 bits per heavy atom. The molecule has 186 valence electrons. The number of imidazole rings is 1. The first kappa shape index (κ1) is 23.9. The Bertz CT molecular complexity index is 1420. The van der Waals surface area contributed by atoms with Gasteiger partial charge in [-0.1, -0.05) is 55.5 Å². The van der Waals surface area contributed by atoms with E-state index in [1.54, 1.807) is 0 Å². The van der Waals surface area contributed by atoms with Crippen molar-refractivity contribution in [3.05, 3.63) is 88.7 Å². The third-order valence-corrected chi connectivity index (χ3v) is 7.18. The second-order valence-electron chi connectivity index (χ2n) is 9.80. The van der Waals surface area contributed by atoms with Crippen LogP contribution in [0, 0.1) is 6.92 Å². The monoisotopic (exact) mass is 485 g/mol. The van der Waals surface area contributed by atoms with Crippen LogP contribution in [0.15, 0.2) is 71.8 Å². The molecule has 2 aromatic heterocycles. The number of hydrogen-bond acceptors (Lipinski definition) is 5. The first-order valence-corrected chi connectivity index (χ1v) is 12.4. The Kier molecular flexibility index (Phi) is 6.45. The summed E-state index contributed by atoms with van der Waals surface area (Å²) >= 11 is 0. The Hall–Kier alpha value is -3.78. The number of benzene rings is 2. The molecule has 2 aromatic carbocycles. The molecular weight excluding hydrogens is 454 g/mol. The largest absolute Gasteiger partial charge is 0.388 e. The van der Waals surface area contributed by atoms with E-state index < -0.39 is 5.60 Å². The van der Waals surface area contributed by atoms with E-state index in [-0.39, 0.29) is 29.4 Å². The summed E-state index contributed by atoms with van der Waals surface area (Å²) < 4.78 is 3.30. The number of hydrogen-bond donors (Lipinski definition) is 1. The van der Waals surface area contributed by atoms with Gasteiger partial charge >= 0.3 is 0 Å². The van der Waals surface area contributed by atoms with Crippen LogP contribution in [0.25, 0.3) is 16.9 Å². The Labute approximate surface area is 209 Å². The zero-order valence-corrected chi connectivity index (χ0v) is 20.7. The first-order valence-electron chi connectivity index (χ1n) is 12.4. The lowest BCUT2D eigenvalue weighted by Gasteiger charge is -2.38. The molecule has 0 saturated carbocycles. The van der Waals surface area contributed by atoms with Crippen molar-refractivity contribution in [2.45, 2.75) is 51.2 Å². The smallest absolute Gasteiger partial charge is 0.281 e. The van der Waals surface area contributed by atoms with Crippen LogP contribution in [0.5, 0.6) is 0 Å². The number of para-hydroxylation sites is 1. The Morgan fingerprint density at radius 3 is 2.36 bits per heavy atom. The van der Waals surface area contributed by atoms with E-state index in [0.717, 1.165) is 11.3 Å². The molecule has 1 atom stereocenters. The molecule has 8 heteroatoms. The van der Waals surface area contributed by atoms with Gasteiger partial charge in [0.25, 0.3) is 5.56 Å². The van der Waals surface area contributed by atoms with Gasteiger partial charge in [-0.2, -0.15) is 0 Å². The second-order valence-corrected chi connectivity index (χ2v) is 9.80. The molecule has 4 aromatic rings. The zero-order chi connectivity index (χ0) is 25.3. The maximum absolute atomic E-state index is 13.2. The van der Waals surface area contributed by atoms with Crippen molar-refractivity contribution in [3.8, 4) is 5.69 Å². The molecule has 0 spiro atoms. The fraction of sp³-hybridized carbons (Fsp3) is 0.357. The minimum absolute atomic E-state index is 0.0931. The highest BCUT2D eigenvalue weighted by Gasteiger charge is 2.35. The van der Waals surface area contributed by atoms with Crippen LogP contribution < -0.4 is 5.56 Å². The summed E-state index contributed by atoms with van der Waals surface area (Å²) in [7, 11) is 0. The quantitative estimate of drug-likeness (QED) is 0.452. The summed E-state index contributed by atoms with van der Waals surface area (Å²) in [4.78, 5) is 36.9. The van der Waals surface area contributed by atoms with E-state index in [9.17, 15) is 14.7 Å². The summed E-state index contributed by atoms with van der Waals surface area (Å²) in [6.45, 7) is 4.95. The van der Waals surface area contributed by atoms with Crippen LogP contribution in [-0.2, 0) is 11.3 Å². The number of rotatable bonds is 6. The molecule has 1 saturated heterocycles. The molecule has 1 aliphatic rings. The zero-order valence-electron chi connectivity index (χ0n) is 20.7. The van der Waals surface area contributed by atoms with Crippen molar-refractivity contribution in [2.75, 3.05) is 13.1 Å². The summed E-state index contributed by atoms with van der Waals surface area (Å²) in [5.41, 5.74) is 1.45. The van der Waals surface area contributed by atoms with Gasteiger partial charge in [0.2, 0.25) is 5.91 Å². The Balaban J connectivity index is 1.27. The number of amides is 1.